The Morgan fingerprint density at radius 3 is 2.39 bits per heavy atom. The highest BCUT2D eigenvalue weighted by Crippen LogP contribution is 2.28. The van der Waals surface area contributed by atoms with E-state index in [1.165, 1.54) is 10.6 Å². The summed E-state index contributed by atoms with van der Waals surface area (Å²) in [6.07, 6.45) is 1.49. The van der Waals surface area contributed by atoms with E-state index in [-0.39, 0.29) is 11.8 Å². The van der Waals surface area contributed by atoms with E-state index in [0.717, 1.165) is 11.3 Å². The third-order valence-corrected chi connectivity index (χ3v) is 5.70. The standard InChI is InChI=1S/C15H19N3O4S/c1-16-13-4-3-11(9-12(13)10-14(16)19)15(20)17-5-7-18(8-6-17)23(2,21)22/h3-4,9H,5-8,10H2,1-2H3. The molecule has 2 aliphatic rings. The van der Waals surface area contributed by atoms with Gasteiger partial charge < -0.3 is 9.80 Å². The summed E-state index contributed by atoms with van der Waals surface area (Å²) in [5, 5.41) is 0. The van der Waals surface area contributed by atoms with Gasteiger partial charge in [-0.15, -0.1) is 0 Å². The summed E-state index contributed by atoms with van der Waals surface area (Å²) in [5.41, 5.74) is 2.24. The van der Waals surface area contributed by atoms with Crippen LogP contribution < -0.4 is 4.90 Å². The average Bonchev–Trinajstić information content (AvgIpc) is 2.80. The van der Waals surface area contributed by atoms with Crippen LogP contribution in [0, 0.1) is 0 Å². The fourth-order valence-electron chi connectivity index (χ4n) is 3.01. The minimum atomic E-state index is -3.21. The van der Waals surface area contributed by atoms with Gasteiger partial charge in [0.25, 0.3) is 5.91 Å². The molecular formula is C15H19N3O4S. The van der Waals surface area contributed by atoms with Crippen LogP contribution in [0.4, 0.5) is 5.69 Å². The van der Waals surface area contributed by atoms with Gasteiger partial charge in [-0.05, 0) is 23.8 Å². The summed E-state index contributed by atoms with van der Waals surface area (Å²) in [7, 11) is -1.49. The van der Waals surface area contributed by atoms with Crippen molar-refractivity contribution in [2.75, 3.05) is 44.4 Å². The van der Waals surface area contributed by atoms with E-state index in [1.54, 1.807) is 35.0 Å². The molecule has 2 aliphatic heterocycles. The molecule has 1 fully saturated rings. The molecule has 124 valence electrons. The Labute approximate surface area is 135 Å². The van der Waals surface area contributed by atoms with E-state index < -0.39 is 10.0 Å². The van der Waals surface area contributed by atoms with E-state index in [4.69, 9.17) is 0 Å². The molecule has 2 amide bonds. The Morgan fingerprint density at radius 1 is 1.13 bits per heavy atom. The van der Waals surface area contributed by atoms with Crippen LogP contribution in [-0.4, -0.2) is 68.9 Å². The lowest BCUT2D eigenvalue weighted by molar-refractivity contribution is -0.117. The normalized spacial score (nSPS) is 19.1. The van der Waals surface area contributed by atoms with Crippen molar-refractivity contribution in [2.24, 2.45) is 0 Å². The predicted octanol–water partition coefficient (Wildman–Crippen LogP) is -0.0771. The number of carbonyl (C=O) groups excluding carboxylic acids is 2. The number of hydrogen-bond donors (Lipinski definition) is 0. The molecule has 7 nitrogen and oxygen atoms in total. The highest BCUT2D eigenvalue weighted by Gasteiger charge is 2.29. The van der Waals surface area contributed by atoms with Crippen LogP contribution >= 0.6 is 0 Å². The maximum absolute atomic E-state index is 12.6. The molecule has 0 unspecified atom stereocenters. The lowest BCUT2D eigenvalue weighted by Crippen LogP contribution is -2.50. The quantitative estimate of drug-likeness (QED) is 0.756. The van der Waals surface area contributed by atoms with Crippen LogP contribution in [-0.2, 0) is 21.2 Å². The zero-order chi connectivity index (χ0) is 16.8. The second-order valence-corrected chi connectivity index (χ2v) is 7.91. The number of amides is 2. The Bertz CT molecular complexity index is 767. The molecule has 0 atom stereocenters. The third kappa shape index (κ3) is 2.96. The second kappa shape index (κ2) is 5.61. The summed E-state index contributed by atoms with van der Waals surface area (Å²) in [4.78, 5) is 27.5. The first-order chi connectivity index (χ1) is 10.8. The van der Waals surface area contributed by atoms with Gasteiger partial charge in [-0.1, -0.05) is 0 Å². The van der Waals surface area contributed by atoms with Crippen molar-refractivity contribution in [3.63, 3.8) is 0 Å². The number of sulfonamides is 1. The Balaban J connectivity index is 1.73. The first-order valence-corrected chi connectivity index (χ1v) is 9.26. The van der Waals surface area contributed by atoms with Gasteiger partial charge in [0.2, 0.25) is 15.9 Å². The van der Waals surface area contributed by atoms with Crippen LogP contribution in [0.2, 0.25) is 0 Å². The minimum Gasteiger partial charge on any atom is -0.336 e. The molecule has 0 N–H and O–H groups in total. The van der Waals surface area contributed by atoms with Gasteiger partial charge in [0.05, 0.1) is 12.7 Å². The molecule has 8 heteroatoms. The molecule has 23 heavy (non-hydrogen) atoms. The lowest BCUT2D eigenvalue weighted by atomic mass is 10.1. The van der Waals surface area contributed by atoms with Crippen LogP contribution in [0.1, 0.15) is 15.9 Å². The number of hydrogen-bond acceptors (Lipinski definition) is 4. The van der Waals surface area contributed by atoms with Crippen molar-refractivity contribution < 1.29 is 18.0 Å². The highest BCUT2D eigenvalue weighted by atomic mass is 32.2. The molecule has 0 radical (unpaired) electrons. The zero-order valence-corrected chi connectivity index (χ0v) is 14.0. The fraction of sp³-hybridized carbons (Fsp3) is 0.467. The number of likely N-dealkylation sites (N-methyl/N-ethyl adjacent to an activating group) is 1. The van der Waals surface area contributed by atoms with Gasteiger partial charge in [0.1, 0.15) is 0 Å². The van der Waals surface area contributed by atoms with Crippen molar-refractivity contribution in [3.8, 4) is 0 Å². The van der Waals surface area contributed by atoms with E-state index in [0.29, 0.717) is 38.2 Å². The van der Waals surface area contributed by atoms with Crippen molar-refractivity contribution in [3.05, 3.63) is 29.3 Å². The van der Waals surface area contributed by atoms with Crippen LogP contribution in [0.15, 0.2) is 18.2 Å². The summed E-state index contributed by atoms with van der Waals surface area (Å²) in [6.45, 7) is 1.39. The summed E-state index contributed by atoms with van der Waals surface area (Å²) in [5.74, 6) is -0.102. The number of piperazine rings is 1. The van der Waals surface area contributed by atoms with Crippen molar-refractivity contribution >= 4 is 27.5 Å². The molecule has 1 aromatic carbocycles. The number of rotatable bonds is 2. The van der Waals surface area contributed by atoms with Crippen molar-refractivity contribution in [1.82, 2.24) is 9.21 Å². The summed E-state index contributed by atoms with van der Waals surface area (Å²) in [6, 6.07) is 5.28. The molecule has 1 aromatic rings. The molecule has 0 spiro atoms. The number of fused-ring (bicyclic) bond motifs is 1. The zero-order valence-electron chi connectivity index (χ0n) is 13.2. The molecule has 3 rings (SSSR count). The number of anilines is 1. The topological polar surface area (TPSA) is 78.0 Å². The van der Waals surface area contributed by atoms with Crippen LogP contribution in [0.3, 0.4) is 0 Å². The van der Waals surface area contributed by atoms with Crippen molar-refractivity contribution in [1.29, 1.82) is 0 Å². The van der Waals surface area contributed by atoms with E-state index in [1.807, 2.05) is 0 Å². The van der Waals surface area contributed by atoms with Gasteiger partial charge in [-0.25, -0.2) is 8.42 Å². The number of carbonyl (C=O) groups is 2. The SMILES string of the molecule is CN1C(=O)Cc2cc(C(=O)N3CCN(S(C)(=O)=O)CC3)ccc21. The molecule has 0 saturated carbocycles. The molecule has 0 aliphatic carbocycles. The van der Waals surface area contributed by atoms with E-state index >= 15 is 0 Å². The van der Waals surface area contributed by atoms with Crippen LogP contribution in [0.25, 0.3) is 0 Å². The summed E-state index contributed by atoms with van der Waals surface area (Å²) >= 11 is 0. The Kier molecular flexibility index (Phi) is 3.89. The summed E-state index contributed by atoms with van der Waals surface area (Å²) < 4.78 is 24.4. The monoisotopic (exact) mass is 337 g/mol. The maximum atomic E-state index is 12.6. The predicted molar refractivity (Wildman–Crippen MR) is 85.9 cm³/mol. The smallest absolute Gasteiger partial charge is 0.253 e. The van der Waals surface area contributed by atoms with Gasteiger partial charge in [0.15, 0.2) is 0 Å². The van der Waals surface area contributed by atoms with Gasteiger partial charge >= 0.3 is 0 Å². The van der Waals surface area contributed by atoms with Gasteiger partial charge in [-0.3, -0.25) is 9.59 Å². The molecule has 0 aromatic heterocycles. The fourth-order valence-corrected chi connectivity index (χ4v) is 3.84. The number of benzene rings is 1. The molecule has 2 heterocycles. The van der Waals surface area contributed by atoms with Gasteiger partial charge in [0, 0.05) is 44.5 Å². The van der Waals surface area contributed by atoms with E-state index in [2.05, 4.69) is 0 Å². The molecular weight excluding hydrogens is 318 g/mol. The van der Waals surface area contributed by atoms with Crippen LogP contribution in [0.5, 0.6) is 0 Å². The second-order valence-electron chi connectivity index (χ2n) is 5.93. The molecule has 0 bridgehead atoms. The highest BCUT2D eigenvalue weighted by molar-refractivity contribution is 7.88. The van der Waals surface area contributed by atoms with E-state index in [9.17, 15) is 18.0 Å². The van der Waals surface area contributed by atoms with Crippen molar-refractivity contribution in [2.45, 2.75) is 6.42 Å². The molecule has 1 saturated heterocycles. The first kappa shape index (κ1) is 15.9. The largest absolute Gasteiger partial charge is 0.336 e. The Morgan fingerprint density at radius 2 is 1.78 bits per heavy atom. The maximum Gasteiger partial charge on any atom is 0.253 e. The minimum absolute atomic E-state index is 0.0198. The average molecular weight is 337 g/mol. The first-order valence-electron chi connectivity index (χ1n) is 7.41. The lowest BCUT2D eigenvalue weighted by Gasteiger charge is -2.33. The van der Waals surface area contributed by atoms with Gasteiger partial charge in [-0.2, -0.15) is 4.31 Å². The number of nitrogens with zero attached hydrogens (tertiary/aromatic N) is 3. The third-order valence-electron chi connectivity index (χ3n) is 4.40. The Hall–Kier alpha value is -1.93.